The van der Waals surface area contributed by atoms with Crippen LogP contribution in [-0.2, 0) is 19.4 Å². The average molecular weight is 380 g/mol. The summed E-state index contributed by atoms with van der Waals surface area (Å²) in [5.74, 6) is 1.60. The molecule has 5 nitrogen and oxygen atoms in total. The lowest BCUT2D eigenvalue weighted by molar-refractivity contribution is 0.482. The Labute approximate surface area is 169 Å². The molecule has 0 saturated heterocycles. The quantitative estimate of drug-likeness (QED) is 0.535. The topological polar surface area (TPSA) is 73.7 Å². The van der Waals surface area contributed by atoms with E-state index in [1.54, 1.807) is 6.33 Å². The fourth-order valence-corrected chi connectivity index (χ4v) is 3.88. The molecule has 1 heterocycles. The second kappa shape index (κ2) is 7.42. The molecule has 5 rings (SSSR count). The number of benzene rings is 3. The van der Waals surface area contributed by atoms with Crippen LogP contribution in [0.25, 0.3) is 11.0 Å². The van der Waals surface area contributed by atoms with Gasteiger partial charge in [-0.1, -0.05) is 18.2 Å². The number of aromatic nitrogens is 2. The minimum atomic E-state index is 0.413. The molecule has 1 unspecified atom stereocenters. The summed E-state index contributed by atoms with van der Waals surface area (Å²) in [4.78, 5) is 7.32. The van der Waals surface area contributed by atoms with Crippen molar-refractivity contribution in [2.24, 2.45) is 0 Å². The summed E-state index contributed by atoms with van der Waals surface area (Å²) in [5.41, 5.74) is 6.49. The Hall–Kier alpha value is -3.62. The second-order valence-electron chi connectivity index (χ2n) is 7.41. The molecule has 0 amide bonds. The predicted octanol–water partition coefficient (Wildman–Crippen LogP) is 4.48. The Balaban J connectivity index is 1.18. The molecule has 0 spiro atoms. The molecular formula is C24H20N4O. The molecule has 0 fully saturated rings. The first kappa shape index (κ1) is 17.5. The number of nitrogens with one attached hydrogen (secondary N) is 2. The fraction of sp³-hybridized carbons (Fsp3) is 0.167. The summed E-state index contributed by atoms with van der Waals surface area (Å²) >= 11 is 0. The van der Waals surface area contributed by atoms with E-state index in [4.69, 9.17) is 10.00 Å². The molecule has 4 aromatic rings. The number of nitrogens with zero attached hydrogens (tertiary/aromatic N) is 2. The van der Waals surface area contributed by atoms with E-state index in [2.05, 4.69) is 39.6 Å². The van der Waals surface area contributed by atoms with E-state index >= 15 is 0 Å². The van der Waals surface area contributed by atoms with E-state index < -0.39 is 0 Å². The molecule has 0 saturated carbocycles. The zero-order valence-electron chi connectivity index (χ0n) is 15.9. The molecule has 142 valence electrons. The molecule has 1 aliphatic carbocycles. The first-order valence-corrected chi connectivity index (χ1v) is 9.72. The van der Waals surface area contributed by atoms with Crippen LogP contribution in [0.2, 0.25) is 0 Å². The first-order valence-electron chi connectivity index (χ1n) is 9.72. The number of hydrogen-bond acceptors (Lipinski definition) is 4. The van der Waals surface area contributed by atoms with Gasteiger partial charge in [-0.25, -0.2) is 4.98 Å². The van der Waals surface area contributed by atoms with Gasteiger partial charge in [0, 0.05) is 18.7 Å². The summed E-state index contributed by atoms with van der Waals surface area (Å²) in [6, 6.07) is 22.6. The van der Waals surface area contributed by atoms with Crippen molar-refractivity contribution in [1.29, 1.82) is 5.26 Å². The van der Waals surface area contributed by atoms with Gasteiger partial charge in [0.25, 0.3) is 0 Å². The molecule has 0 radical (unpaired) electrons. The van der Waals surface area contributed by atoms with Crippen LogP contribution in [0.4, 0.5) is 0 Å². The van der Waals surface area contributed by atoms with Crippen LogP contribution in [0.3, 0.4) is 0 Å². The smallest absolute Gasteiger partial charge is 0.129 e. The van der Waals surface area contributed by atoms with Crippen molar-refractivity contribution >= 4 is 11.0 Å². The van der Waals surface area contributed by atoms with E-state index in [1.807, 2.05) is 42.5 Å². The highest BCUT2D eigenvalue weighted by molar-refractivity contribution is 5.76. The Kier molecular flexibility index (Phi) is 4.47. The zero-order valence-corrected chi connectivity index (χ0v) is 15.9. The molecule has 2 N–H and O–H groups in total. The lowest BCUT2D eigenvalue weighted by Crippen LogP contribution is -2.28. The highest BCUT2D eigenvalue weighted by Gasteiger charge is 2.21. The van der Waals surface area contributed by atoms with Gasteiger partial charge >= 0.3 is 0 Å². The van der Waals surface area contributed by atoms with Crippen molar-refractivity contribution in [2.75, 3.05) is 0 Å². The Morgan fingerprint density at radius 1 is 1.00 bits per heavy atom. The van der Waals surface area contributed by atoms with Gasteiger partial charge in [-0.05, 0) is 65.9 Å². The third kappa shape index (κ3) is 3.71. The Bertz CT molecular complexity index is 1200. The Morgan fingerprint density at radius 3 is 2.69 bits per heavy atom. The van der Waals surface area contributed by atoms with E-state index in [1.165, 1.54) is 16.7 Å². The second-order valence-corrected chi connectivity index (χ2v) is 7.41. The number of hydrogen-bond donors (Lipinski definition) is 2. The van der Waals surface area contributed by atoms with Gasteiger partial charge in [-0.15, -0.1) is 0 Å². The van der Waals surface area contributed by atoms with Crippen LogP contribution >= 0.6 is 0 Å². The lowest BCUT2D eigenvalue weighted by atomic mass is 10.1. The molecule has 1 aliphatic rings. The van der Waals surface area contributed by atoms with Crippen molar-refractivity contribution in [2.45, 2.75) is 25.4 Å². The van der Waals surface area contributed by atoms with Crippen molar-refractivity contribution in [3.05, 3.63) is 89.2 Å². The monoisotopic (exact) mass is 380 g/mol. The summed E-state index contributed by atoms with van der Waals surface area (Å²) in [6.07, 6.45) is 3.67. The lowest BCUT2D eigenvalue weighted by Gasteiger charge is -2.12. The maximum Gasteiger partial charge on any atom is 0.129 e. The minimum Gasteiger partial charge on any atom is -0.457 e. The third-order valence-electron chi connectivity index (χ3n) is 5.41. The van der Waals surface area contributed by atoms with Crippen molar-refractivity contribution in [3.63, 3.8) is 0 Å². The predicted molar refractivity (Wildman–Crippen MR) is 112 cm³/mol. The number of aromatic amines is 1. The van der Waals surface area contributed by atoms with Crippen molar-refractivity contribution in [1.82, 2.24) is 15.3 Å². The minimum absolute atomic E-state index is 0.413. The van der Waals surface area contributed by atoms with E-state index in [0.29, 0.717) is 6.04 Å². The summed E-state index contributed by atoms with van der Waals surface area (Å²) in [7, 11) is 0. The molecule has 0 aliphatic heterocycles. The molecule has 1 aromatic heterocycles. The van der Waals surface area contributed by atoms with E-state index in [9.17, 15) is 0 Å². The normalized spacial score (nSPS) is 15.2. The van der Waals surface area contributed by atoms with Crippen molar-refractivity contribution < 1.29 is 4.74 Å². The summed E-state index contributed by atoms with van der Waals surface area (Å²) in [6.45, 7) is 0.810. The van der Waals surface area contributed by atoms with Gasteiger partial charge in [0.05, 0.1) is 29.0 Å². The van der Waals surface area contributed by atoms with Gasteiger partial charge in [0.1, 0.15) is 11.5 Å². The van der Waals surface area contributed by atoms with Gasteiger partial charge in [0.15, 0.2) is 0 Å². The standard InChI is InChI=1S/C24H20N4O/c25-13-17-1-4-18-10-20(11-19(18)9-17)26-14-16-2-5-21(6-3-16)29-22-7-8-23-24(12-22)28-15-27-23/h1-9,12,15,20,26H,10-11,14H2,(H,27,28). The summed E-state index contributed by atoms with van der Waals surface area (Å²) in [5, 5.41) is 12.7. The number of ether oxygens (including phenoxy) is 1. The largest absolute Gasteiger partial charge is 0.457 e. The third-order valence-corrected chi connectivity index (χ3v) is 5.41. The highest BCUT2D eigenvalue weighted by atomic mass is 16.5. The van der Waals surface area contributed by atoms with Crippen LogP contribution in [0.15, 0.2) is 67.0 Å². The van der Waals surface area contributed by atoms with Crippen molar-refractivity contribution in [3.8, 4) is 17.6 Å². The van der Waals surface area contributed by atoms with E-state index in [0.717, 1.165) is 47.5 Å². The van der Waals surface area contributed by atoms with Crippen LogP contribution in [0, 0.1) is 11.3 Å². The zero-order chi connectivity index (χ0) is 19.6. The maximum atomic E-state index is 9.06. The first-order chi connectivity index (χ1) is 14.3. The molecule has 1 atom stereocenters. The summed E-state index contributed by atoms with van der Waals surface area (Å²) < 4.78 is 5.96. The van der Waals surface area contributed by atoms with Crippen LogP contribution in [0.5, 0.6) is 11.5 Å². The number of fused-ring (bicyclic) bond motifs is 2. The van der Waals surface area contributed by atoms with E-state index in [-0.39, 0.29) is 0 Å². The molecule has 29 heavy (non-hydrogen) atoms. The molecular weight excluding hydrogens is 360 g/mol. The van der Waals surface area contributed by atoms with Gasteiger partial charge in [-0.2, -0.15) is 5.26 Å². The van der Waals surface area contributed by atoms with Gasteiger partial charge < -0.3 is 15.0 Å². The number of H-pyrrole nitrogens is 1. The SMILES string of the molecule is N#Cc1ccc2c(c1)CC(NCc1ccc(Oc3ccc4nc[nH]c4c3)cc1)C2. The Morgan fingerprint density at radius 2 is 1.83 bits per heavy atom. The van der Waals surface area contributed by atoms with Gasteiger partial charge in [-0.3, -0.25) is 0 Å². The van der Waals surface area contributed by atoms with Crippen LogP contribution in [-0.4, -0.2) is 16.0 Å². The highest BCUT2D eigenvalue weighted by Crippen LogP contribution is 2.26. The molecule has 5 heteroatoms. The number of rotatable bonds is 5. The molecule has 3 aromatic carbocycles. The average Bonchev–Trinajstić information content (AvgIpc) is 3.38. The van der Waals surface area contributed by atoms with Crippen LogP contribution in [0.1, 0.15) is 22.3 Å². The fourth-order valence-electron chi connectivity index (χ4n) is 3.88. The molecule has 0 bridgehead atoms. The maximum absolute atomic E-state index is 9.06. The van der Waals surface area contributed by atoms with Gasteiger partial charge in [0.2, 0.25) is 0 Å². The number of imidazole rings is 1. The van der Waals surface area contributed by atoms with Crippen LogP contribution < -0.4 is 10.1 Å². The number of nitriles is 1.